The fourth-order valence-electron chi connectivity index (χ4n) is 2.96. The van der Waals surface area contributed by atoms with Crippen LogP contribution in [0, 0.1) is 0 Å². The molecular weight excluding hydrogens is 427 g/mol. The number of thiophene rings is 1. The molecule has 1 aromatic carbocycles. The minimum absolute atomic E-state index is 0.0850. The zero-order valence-electron chi connectivity index (χ0n) is 15.4. The first kappa shape index (κ1) is 21.6. The van der Waals surface area contributed by atoms with Gasteiger partial charge in [-0.1, -0.05) is 6.07 Å². The Labute approximate surface area is 171 Å². The summed E-state index contributed by atoms with van der Waals surface area (Å²) in [7, 11) is -3.91. The van der Waals surface area contributed by atoms with Gasteiger partial charge < -0.3 is 10.2 Å². The molecule has 1 aliphatic heterocycles. The highest BCUT2D eigenvalue weighted by atomic mass is 32.2. The SMILES string of the molecule is O=C(NCCc1cccs1)N1CCN(S(=O)(=O)c2ccc(C(F)(F)F)cc2)CC1. The molecule has 0 spiro atoms. The summed E-state index contributed by atoms with van der Waals surface area (Å²) in [5.41, 5.74) is -0.902. The topological polar surface area (TPSA) is 69.7 Å². The molecule has 6 nitrogen and oxygen atoms in total. The number of carbonyl (C=O) groups excluding carboxylic acids is 1. The molecule has 2 heterocycles. The van der Waals surface area contributed by atoms with Gasteiger partial charge in [0.25, 0.3) is 0 Å². The van der Waals surface area contributed by atoms with E-state index in [1.165, 1.54) is 9.21 Å². The Balaban J connectivity index is 1.53. The van der Waals surface area contributed by atoms with Crippen LogP contribution in [0.4, 0.5) is 18.0 Å². The summed E-state index contributed by atoms with van der Waals surface area (Å²) in [6.07, 6.45) is -3.80. The first-order chi connectivity index (χ1) is 13.7. The number of hydrogen-bond donors (Lipinski definition) is 1. The average molecular weight is 448 g/mol. The highest BCUT2D eigenvalue weighted by Crippen LogP contribution is 2.30. The van der Waals surface area contributed by atoms with Crippen LogP contribution >= 0.6 is 11.3 Å². The maximum absolute atomic E-state index is 12.7. The molecule has 0 aliphatic carbocycles. The summed E-state index contributed by atoms with van der Waals surface area (Å²) in [5, 5.41) is 4.78. The predicted octanol–water partition coefficient (Wildman–Crippen LogP) is 3.03. The van der Waals surface area contributed by atoms with Gasteiger partial charge in [-0.05, 0) is 42.1 Å². The quantitative estimate of drug-likeness (QED) is 0.766. The van der Waals surface area contributed by atoms with Crippen LogP contribution in [0.1, 0.15) is 10.4 Å². The molecule has 2 amide bonds. The van der Waals surface area contributed by atoms with Crippen molar-refractivity contribution in [3.63, 3.8) is 0 Å². The van der Waals surface area contributed by atoms with E-state index in [4.69, 9.17) is 0 Å². The molecule has 1 fully saturated rings. The predicted molar refractivity (Wildman–Crippen MR) is 103 cm³/mol. The molecule has 0 bridgehead atoms. The molecule has 11 heteroatoms. The van der Waals surface area contributed by atoms with Crippen molar-refractivity contribution in [3.05, 3.63) is 52.2 Å². The van der Waals surface area contributed by atoms with E-state index in [1.54, 1.807) is 11.3 Å². The Morgan fingerprint density at radius 1 is 1.07 bits per heavy atom. The summed E-state index contributed by atoms with van der Waals surface area (Å²) < 4.78 is 64.5. The van der Waals surface area contributed by atoms with Gasteiger partial charge in [-0.3, -0.25) is 0 Å². The molecular formula is C18H20F3N3O3S2. The third kappa shape index (κ3) is 5.28. The van der Waals surface area contributed by atoms with E-state index in [2.05, 4.69) is 5.32 Å². The Hall–Kier alpha value is -2.11. The van der Waals surface area contributed by atoms with Gasteiger partial charge in [0.15, 0.2) is 0 Å². The molecule has 1 aromatic heterocycles. The van der Waals surface area contributed by atoms with E-state index in [0.717, 1.165) is 35.6 Å². The van der Waals surface area contributed by atoms with E-state index in [1.807, 2.05) is 17.5 Å². The van der Waals surface area contributed by atoms with Gasteiger partial charge in [-0.2, -0.15) is 17.5 Å². The summed E-state index contributed by atoms with van der Waals surface area (Å²) in [5.74, 6) is 0. The number of nitrogens with zero attached hydrogens (tertiary/aromatic N) is 2. The van der Waals surface area contributed by atoms with Gasteiger partial charge in [-0.25, -0.2) is 13.2 Å². The van der Waals surface area contributed by atoms with Crippen LogP contribution in [0.25, 0.3) is 0 Å². The molecule has 0 atom stereocenters. The number of carbonyl (C=O) groups is 1. The third-order valence-electron chi connectivity index (χ3n) is 4.57. The number of hydrogen-bond acceptors (Lipinski definition) is 4. The van der Waals surface area contributed by atoms with E-state index >= 15 is 0 Å². The number of piperazine rings is 1. The van der Waals surface area contributed by atoms with Gasteiger partial charge in [-0.15, -0.1) is 11.3 Å². The van der Waals surface area contributed by atoms with Gasteiger partial charge >= 0.3 is 12.2 Å². The highest BCUT2D eigenvalue weighted by molar-refractivity contribution is 7.89. The number of sulfonamides is 1. The molecule has 158 valence electrons. The van der Waals surface area contributed by atoms with Crippen LogP contribution in [-0.4, -0.2) is 56.4 Å². The molecule has 1 saturated heterocycles. The Kier molecular flexibility index (Phi) is 6.49. The standard InChI is InChI=1S/C18H20F3N3O3S2/c19-18(20,21)14-3-5-16(6-4-14)29(26,27)24-11-9-23(10-12-24)17(25)22-8-7-15-2-1-13-28-15/h1-6,13H,7-12H2,(H,22,25). The van der Waals surface area contributed by atoms with Crippen molar-refractivity contribution in [1.82, 2.24) is 14.5 Å². The normalized spacial score (nSPS) is 16.0. The van der Waals surface area contributed by atoms with Crippen molar-refractivity contribution in [2.75, 3.05) is 32.7 Å². The summed E-state index contributed by atoms with van der Waals surface area (Å²) >= 11 is 1.61. The molecule has 1 aliphatic rings. The number of urea groups is 1. The van der Waals surface area contributed by atoms with Gasteiger partial charge in [0.2, 0.25) is 10.0 Å². The average Bonchev–Trinajstić information content (AvgIpc) is 3.21. The maximum Gasteiger partial charge on any atom is 0.416 e. The zero-order valence-corrected chi connectivity index (χ0v) is 17.0. The number of nitrogens with one attached hydrogen (secondary N) is 1. The van der Waals surface area contributed by atoms with Gasteiger partial charge in [0.1, 0.15) is 0 Å². The minimum atomic E-state index is -4.52. The molecule has 0 unspecified atom stereocenters. The monoisotopic (exact) mass is 447 g/mol. The molecule has 1 N–H and O–H groups in total. The van der Waals surface area contributed by atoms with Crippen molar-refractivity contribution in [3.8, 4) is 0 Å². The zero-order chi connectivity index (χ0) is 21.1. The lowest BCUT2D eigenvalue weighted by Gasteiger charge is -2.34. The Morgan fingerprint density at radius 2 is 1.72 bits per heavy atom. The number of amides is 2. The van der Waals surface area contributed by atoms with E-state index < -0.39 is 21.8 Å². The lowest BCUT2D eigenvalue weighted by atomic mass is 10.2. The smallest absolute Gasteiger partial charge is 0.338 e. The lowest BCUT2D eigenvalue weighted by Crippen LogP contribution is -2.53. The highest BCUT2D eigenvalue weighted by Gasteiger charge is 2.33. The largest absolute Gasteiger partial charge is 0.416 e. The number of rotatable bonds is 5. The van der Waals surface area contributed by atoms with Crippen molar-refractivity contribution >= 4 is 27.4 Å². The van der Waals surface area contributed by atoms with E-state index in [0.29, 0.717) is 6.54 Å². The summed E-state index contributed by atoms with van der Waals surface area (Å²) in [4.78, 5) is 14.7. The van der Waals surface area contributed by atoms with Crippen LogP contribution in [0.5, 0.6) is 0 Å². The van der Waals surface area contributed by atoms with Crippen LogP contribution in [0.2, 0.25) is 0 Å². The first-order valence-corrected chi connectivity index (χ1v) is 11.2. The molecule has 2 aromatic rings. The second-order valence-electron chi connectivity index (χ2n) is 6.47. The van der Waals surface area contributed by atoms with Crippen molar-refractivity contribution < 1.29 is 26.4 Å². The number of halogens is 3. The second kappa shape index (κ2) is 8.72. The van der Waals surface area contributed by atoms with Crippen LogP contribution < -0.4 is 5.32 Å². The number of benzene rings is 1. The van der Waals surface area contributed by atoms with E-state index in [9.17, 15) is 26.4 Å². The molecule has 3 rings (SSSR count). The minimum Gasteiger partial charge on any atom is -0.338 e. The second-order valence-corrected chi connectivity index (χ2v) is 9.44. The van der Waals surface area contributed by atoms with Crippen LogP contribution in [-0.2, 0) is 22.6 Å². The van der Waals surface area contributed by atoms with Gasteiger partial charge in [0, 0.05) is 37.6 Å². The number of alkyl halides is 3. The van der Waals surface area contributed by atoms with Crippen molar-refractivity contribution in [1.29, 1.82) is 0 Å². The Morgan fingerprint density at radius 3 is 2.28 bits per heavy atom. The van der Waals surface area contributed by atoms with E-state index in [-0.39, 0.29) is 37.1 Å². The van der Waals surface area contributed by atoms with Gasteiger partial charge in [0.05, 0.1) is 10.5 Å². The summed E-state index contributed by atoms with van der Waals surface area (Å²) in [6.45, 7) is 1.09. The van der Waals surface area contributed by atoms with Crippen molar-refractivity contribution in [2.45, 2.75) is 17.5 Å². The third-order valence-corrected chi connectivity index (χ3v) is 7.42. The first-order valence-electron chi connectivity index (χ1n) is 8.90. The Bertz CT molecular complexity index is 922. The van der Waals surface area contributed by atoms with Crippen LogP contribution in [0.15, 0.2) is 46.7 Å². The fraction of sp³-hybridized carbons (Fsp3) is 0.389. The molecule has 29 heavy (non-hydrogen) atoms. The molecule has 0 saturated carbocycles. The lowest BCUT2D eigenvalue weighted by molar-refractivity contribution is -0.137. The maximum atomic E-state index is 12.7. The molecule has 0 radical (unpaired) electrons. The fourth-order valence-corrected chi connectivity index (χ4v) is 5.09. The summed E-state index contributed by atoms with van der Waals surface area (Å²) in [6, 6.07) is 7.10. The van der Waals surface area contributed by atoms with Crippen LogP contribution in [0.3, 0.4) is 0 Å². The van der Waals surface area contributed by atoms with Crippen molar-refractivity contribution in [2.24, 2.45) is 0 Å².